The number of nitro groups is 1. The highest BCUT2D eigenvalue weighted by atomic mass is 32.2. The number of rotatable bonds is 11. The van der Waals surface area contributed by atoms with Crippen molar-refractivity contribution >= 4 is 42.0 Å². The van der Waals surface area contributed by atoms with Gasteiger partial charge in [0, 0.05) is 32.0 Å². The van der Waals surface area contributed by atoms with Gasteiger partial charge in [0.25, 0.3) is 0 Å². The van der Waals surface area contributed by atoms with Crippen LogP contribution in [0.4, 0.5) is 0 Å². The molecule has 9 nitrogen and oxygen atoms in total. The Kier molecular flexibility index (Phi) is 12.8. The number of amidine groups is 1. The quantitative estimate of drug-likeness (QED) is 0.0992. The number of hydrogen-bond acceptors (Lipinski definition) is 8. The molecule has 11 heteroatoms. The molecule has 0 bridgehead atoms. The highest BCUT2D eigenvalue weighted by molar-refractivity contribution is 8.00. The van der Waals surface area contributed by atoms with Crippen LogP contribution in [-0.4, -0.2) is 59.5 Å². The van der Waals surface area contributed by atoms with Gasteiger partial charge < -0.3 is 26.1 Å². The zero-order chi connectivity index (χ0) is 17.5. The molecule has 0 saturated carbocycles. The smallest absolute Gasteiger partial charge is 0.335 e. The average Bonchev–Trinajstić information content (AvgIpc) is 2.51. The van der Waals surface area contributed by atoms with Gasteiger partial charge in [-0.3, -0.25) is 9.59 Å². The molecule has 0 saturated heterocycles. The predicted octanol–water partition coefficient (Wildman–Crippen LogP) is -0.362. The van der Waals surface area contributed by atoms with Crippen molar-refractivity contribution < 1.29 is 14.5 Å². The molecule has 0 spiro atoms. The third-order valence-corrected chi connectivity index (χ3v) is 3.70. The molecule has 2 amide bonds. The largest absolute Gasteiger partial charge is 0.379 e. The minimum absolute atomic E-state index is 0.00920. The lowest BCUT2D eigenvalue weighted by Gasteiger charge is -2.06. The molecule has 23 heavy (non-hydrogen) atoms. The first-order valence-corrected chi connectivity index (χ1v) is 8.55. The van der Waals surface area contributed by atoms with E-state index in [1.54, 1.807) is 0 Å². The second-order valence-electron chi connectivity index (χ2n) is 4.11. The Bertz CT molecular complexity index is 457. The molecule has 0 rings (SSSR count). The van der Waals surface area contributed by atoms with Gasteiger partial charge in [0.05, 0.1) is 12.3 Å². The molecule has 0 radical (unpaired) electrons. The van der Waals surface area contributed by atoms with E-state index in [9.17, 15) is 19.7 Å². The summed E-state index contributed by atoms with van der Waals surface area (Å²) in [5.41, 5.74) is 0. The molecule has 0 aliphatic heterocycles. The van der Waals surface area contributed by atoms with Gasteiger partial charge in [-0.15, -0.1) is 0 Å². The minimum atomic E-state index is -0.609. The standard InChI is InChI=1S/C12H21N5O4S2/c1-10(17(20)21)14-3-2-13-8-11(18)15-4-5-16-12(19)9-23-7-6-22/h2-3,13,22H,4-9H2,1H3,(H,15,18)(H,16,19)/b3-2-,14-10?. The van der Waals surface area contributed by atoms with Gasteiger partial charge in [0.1, 0.15) is 0 Å². The van der Waals surface area contributed by atoms with Crippen molar-refractivity contribution in [3.63, 3.8) is 0 Å². The molecular formula is C12H21N5O4S2. The molecule has 0 heterocycles. The van der Waals surface area contributed by atoms with Gasteiger partial charge >= 0.3 is 5.84 Å². The SMILES string of the molecule is CC(=N/C=C\NCC(=O)NCCNC(=O)CSCCS)[N+](=O)[O-]. The molecular weight excluding hydrogens is 342 g/mol. The van der Waals surface area contributed by atoms with E-state index in [-0.39, 0.29) is 24.2 Å². The number of thiol groups is 1. The molecule has 130 valence electrons. The van der Waals surface area contributed by atoms with Crippen LogP contribution in [0.1, 0.15) is 6.92 Å². The van der Waals surface area contributed by atoms with E-state index in [4.69, 9.17) is 0 Å². The summed E-state index contributed by atoms with van der Waals surface area (Å²) in [6.07, 6.45) is 2.54. The van der Waals surface area contributed by atoms with Crippen LogP contribution in [0.5, 0.6) is 0 Å². The normalized spacial score (nSPS) is 11.3. The predicted molar refractivity (Wildman–Crippen MR) is 94.4 cm³/mol. The zero-order valence-corrected chi connectivity index (χ0v) is 14.5. The highest BCUT2D eigenvalue weighted by Gasteiger charge is 2.02. The molecule has 0 atom stereocenters. The Balaban J connectivity index is 3.65. The first-order chi connectivity index (χ1) is 11.0. The van der Waals surface area contributed by atoms with Crippen LogP contribution < -0.4 is 16.0 Å². The van der Waals surface area contributed by atoms with Crippen LogP contribution in [0.2, 0.25) is 0 Å². The second kappa shape index (κ2) is 13.9. The Morgan fingerprint density at radius 1 is 1.30 bits per heavy atom. The van der Waals surface area contributed by atoms with E-state index in [1.807, 2.05) is 0 Å². The summed E-state index contributed by atoms with van der Waals surface area (Å²) < 4.78 is 0. The fraction of sp³-hybridized carbons (Fsp3) is 0.583. The molecule has 0 aromatic rings. The maximum absolute atomic E-state index is 11.4. The van der Waals surface area contributed by atoms with Crippen molar-refractivity contribution in [2.24, 2.45) is 4.99 Å². The Morgan fingerprint density at radius 2 is 1.96 bits per heavy atom. The molecule has 0 aromatic carbocycles. The van der Waals surface area contributed by atoms with Crippen molar-refractivity contribution in [1.29, 1.82) is 0 Å². The van der Waals surface area contributed by atoms with Crippen molar-refractivity contribution in [1.82, 2.24) is 16.0 Å². The summed E-state index contributed by atoms with van der Waals surface area (Å²) in [5.74, 6) is 1.35. The highest BCUT2D eigenvalue weighted by Crippen LogP contribution is 1.98. The van der Waals surface area contributed by atoms with E-state index >= 15 is 0 Å². The molecule has 0 aliphatic rings. The molecule has 3 N–H and O–H groups in total. The topological polar surface area (TPSA) is 126 Å². The number of nitrogens with zero attached hydrogens (tertiary/aromatic N) is 2. The number of aliphatic imine (C=N–C) groups is 1. The first kappa shape index (κ1) is 21.2. The van der Waals surface area contributed by atoms with Crippen LogP contribution in [0.3, 0.4) is 0 Å². The maximum Gasteiger partial charge on any atom is 0.335 e. The monoisotopic (exact) mass is 363 g/mol. The van der Waals surface area contributed by atoms with Gasteiger partial charge in [-0.05, 0) is 15.7 Å². The fourth-order valence-corrected chi connectivity index (χ4v) is 2.09. The van der Waals surface area contributed by atoms with Crippen molar-refractivity contribution in [2.75, 3.05) is 36.9 Å². The van der Waals surface area contributed by atoms with Crippen LogP contribution in [0, 0.1) is 10.1 Å². The van der Waals surface area contributed by atoms with Crippen LogP contribution in [0.15, 0.2) is 17.4 Å². The summed E-state index contributed by atoms with van der Waals surface area (Å²) in [6.45, 7) is 1.96. The second-order valence-corrected chi connectivity index (χ2v) is 5.66. The number of amides is 2. The molecule has 0 aromatic heterocycles. The lowest BCUT2D eigenvalue weighted by atomic mass is 10.5. The van der Waals surface area contributed by atoms with E-state index in [1.165, 1.54) is 31.1 Å². The summed E-state index contributed by atoms with van der Waals surface area (Å²) in [7, 11) is 0. The van der Waals surface area contributed by atoms with Crippen molar-refractivity contribution in [2.45, 2.75) is 6.92 Å². The van der Waals surface area contributed by atoms with Crippen molar-refractivity contribution in [3.05, 3.63) is 22.5 Å². The molecule has 0 unspecified atom stereocenters. The lowest BCUT2D eigenvalue weighted by Crippen LogP contribution is -2.38. The van der Waals surface area contributed by atoms with Gasteiger partial charge in [-0.25, -0.2) is 0 Å². The number of thioether (sulfide) groups is 1. The Hall–Kier alpha value is -1.75. The molecule has 0 fully saturated rings. The summed E-state index contributed by atoms with van der Waals surface area (Å²) in [6, 6.07) is 0. The van der Waals surface area contributed by atoms with E-state index < -0.39 is 4.92 Å². The van der Waals surface area contributed by atoms with Gasteiger partial charge in [-0.2, -0.15) is 24.4 Å². The third-order valence-electron chi connectivity index (χ3n) is 2.22. The number of hydrogen-bond donors (Lipinski definition) is 4. The summed E-state index contributed by atoms with van der Waals surface area (Å²) >= 11 is 5.54. The summed E-state index contributed by atoms with van der Waals surface area (Å²) in [5, 5.41) is 18.2. The summed E-state index contributed by atoms with van der Waals surface area (Å²) in [4.78, 5) is 36.0. The van der Waals surface area contributed by atoms with E-state index in [2.05, 4.69) is 33.6 Å². The number of carbonyl (C=O) groups excluding carboxylic acids is 2. The van der Waals surface area contributed by atoms with Gasteiger partial charge in [0.15, 0.2) is 6.20 Å². The van der Waals surface area contributed by atoms with E-state index in [0.29, 0.717) is 18.8 Å². The molecule has 0 aliphatic carbocycles. The fourth-order valence-electron chi connectivity index (χ4n) is 1.14. The maximum atomic E-state index is 11.4. The third kappa shape index (κ3) is 13.6. The Labute approximate surface area is 144 Å². The lowest BCUT2D eigenvalue weighted by molar-refractivity contribution is -0.351. The van der Waals surface area contributed by atoms with Crippen molar-refractivity contribution in [3.8, 4) is 0 Å². The van der Waals surface area contributed by atoms with Gasteiger partial charge in [-0.1, -0.05) is 0 Å². The van der Waals surface area contributed by atoms with Crippen LogP contribution in [-0.2, 0) is 9.59 Å². The Morgan fingerprint density at radius 3 is 2.57 bits per heavy atom. The van der Waals surface area contributed by atoms with Crippen LogP contribution in [0.25, 0.3) is 0 Å². The average molecular weight is 363 g/mol. The number of carbonyl (C=O) groups is 2. The zero-order valence-electron chi connectivity index (χ0n) is 12.8. The van der Waals surface area contributed by atoms with Gasteiger partial charge in [0.2, 0.25) is 11.8 Å². The van der Waals surface area contributed by atoms with E-state index in [0.717, 1.165) is 11.5 Å². The number of nitrogens with one attached hydrogen (secondary N) is 3. The van der Waals surface area contributed by atoms with Crippen LogP contribution >= 0.6 is 24.4 Å². The first-order valence-electron chi connectivity index (χ1n) is 6.76. The minimum Gasteiger partial charge on any atom is -0.379 e.